The van der Waals surface area contributed by atoms with Gasteiger partial charge in [0.1, 0.15) is 17.5 Å². The highest BCUT2D eigenvalue weighted by Crippen LogP contribution is 2.26. The molecule has 2 aromatic heterocycles. The Morgan fingerprint density at radius 2 is 2.06 bits per heavy atom. The first-order valence-electron chi connectivity index (χ1n) is 5.96. The predicted molar refractivity (Wildman–Crippen MR) is 74.8 cm³/mol. The van der Waals surface area contributed by atoms with E-state index in [2.05, 4.69) is 10.1 Å². The molecule has 0 aromatic carbocycles. The summed E-state index contributed by atoms with van der Waals surface area (Å²) in [6, 6.07) is 0. The van der Waals surface area contributed by atoms with Gasteiger partial charge < -0.3 is 4.79 Å². The number of rotatable bonds is 3. The summed E-state index contributed by atoms with van der Waals surface area (Å²) in [5, 5.41) is 4.45. The minimum absolute atomic E-state index is 0.603. The number of carbonyl (C=O) groups excluding carboxylic acids is 1. The molecule has 0 spiro atoms. The molecule has 0 aliphatic heterocycles. The number of hydrogen-bond donors (Lipinski definition) is 0. The summed E-state index contributed by atoms with van der Waals surface area (Å²) in [5.41, 5.74) is 3.13. The van der Waals surface area contributed by atoms with Crippen LogP contribution in [0.3, 0.4) is 0 Å². The predicted octanol–water partition coefficient (Wildman–Crippen LogP) is 3.28. The third kappa shape index (κ3) is 2.85. The molecular formula is C13H19N3OS. The molecule has 0 N–H and O–H groups in total. The van der Waals surface area contributed by atoms with Crippen LogP contribution in [0, 0.1) is 6.92 Å². The van der Waals surface area contributed by atoms with E-state index in [4.69, 9.17) is 0 Å². The first kappa shape index (κ1) is 14.6. The van der Waals surface area contributed by atoms with E-state index in [9.17, 15) is 4.79 Å². The topological polar surface area (TPSA) is 47.8 Å². The molecule has 5 heteroatoms. The lowest BCUT2D eigenvalue weighted by Crippen LogP contribution is -2.28. The van der Waals surface area contributed by atoms with Crippen molar-refractivity contribution < 1.29 is 4.79 Å². The molecule has 0 saturated heterocycles. The van der Waals surface area contributed by atoms with Crippen molar-refractivity contribution in [3.63, 3.8) is 0 Å². The summed E-state index contributed by atoms with van der Waals surface area (Å²) in [6.45, 7) is 9.66. The molecule has 0 aliphatic carbocycles. The third-order valence-electron chi connectivity index (χ3n) is 2.44. The van der Waals surface area contributed by atoms with Gasteiger partial charge in [-0.3, -0.25) is 9.67 Å². The van der Waals surface area contributed by atoms with E-state index in [0.717, 1.165) is 22.4 Å². The minimum atomic E-state index is -0.603. The Bertz CT molecular complexity index is 500. The average Bonchev–Trinajstić information content (AvgIpc) is 3.00. The lowest BCUT2D eigenvalue weighted by atomic mass is 10.1. The summed E-state index contributed by atoms with van der Waals surface area (Å²) in [4.78, 5) is 16.0. The van der Waals surface area contributed by atoms with Gasteiger partial charge >= 0.3 is 0 Å². The lowest BCUT2D eigenvalue weighted by molar-refractivity contribution is -0.114. The fourth-order valence-corrected chi connectivity index (χ4v) is 2.06. The number of hydrogen-bond acceptors (Lipinski definition) is 4. The molecule has 18 heavy (non-hydrogen) atoms. The van der Waals surface area contributed by atoms with E-state index < -0.39 is 5.54 Å². The van der Waals surface area contributed by atoms with Crippen molar-refractivity contribution in [2.45, 2.75) is 40.2 Å². The second-order valence-electron chi connectivity index (χ2n) is 4.24. The highest BCUT2D eigenvalue weighted by Gasteiger charge is 2.22. The standard InChI is InChI=1S/C11H13N3OS.C2H6/c1-8-5-14(11(2,3)6-15)13-10(8)9-4-12-7-16-9;1-2/h4-7H,1-3H3;1-2H3. The van der Waals surface area contributed by atoms with Gasteiger partial charge in [-0.05, 0) is 26.3 Å². The van der Waals surface area contributed by atoms with E-state index in [1.807, 2.05) is 40.8 Å². The third-order valence-corrected chi connectivity index (χ3v) is 3.22. The number of aromatic nitrogens is 3. The van der Waals surface area contributed by atoms with Gasteiger partial charge in [-0.1, -0.05) is 13.8 Å². The SMILES string of the molecule is CC.Cc1cn(C(C)(C)C=O)nc1-c1cncs1. The van der Waals surface area contributed by atoms with Crippen molar-refractivity contribution in [3.05, 3.63) is 23.5 Å². The Morgan fingerprint density at radius 3 is 2.56 bits per heavy atom. The Kier molecular flexibility index (Phi) is 4.78. The Morgan fingerprint density at radius 1 is 1.39 bits per heavy atom. The summed E-state index contributed by atoms with van der Waals surface area (Å²) < 4.78 is 1.70. The van der Waals surface area contributed by atoms with Crippen LogP contribution in [0.5, 0.6) is 0 Å². The number of thiazole rings is 1. The van der Waals surface area contributed by atoms with Crippen LogP contribution in [0.25, 0.3) is 10.6 Å². The molecule has 0 atom stereocenters. The summed E-state index contributed by atoms with van der Waals surface area (Å²) in [6.07, 6.45) is 4.58. The molecule has 2 rings (SSSR count). The van der Waals surface area contributed by atoms with Crippen LogP contribution in [-0.4, -0.2) is 21.1 Å². The molecule has 4 nitrogen and oxygen atoms in total. The zero-order valence-corrected chi connectivity index (χ0v) is 12.3. The molecule has 98 valence electrons. The van der Waals surface area contributed by atoms with Gasteiger partial charge in [-0.25, -0.2) is 0 Å². The number of aryl methyl sites for hydroxylation is 1. The fraction of sp³-hybridized carbons (Fsp3) is 0.462. The van der Waals surface area contributed by atoms with Crippen LogP contribution in [0.2, 0.25) is 0 Å². The highest BCUT2D eigenvalue weighted by atomic mass is 32.1. The van der Waals surface area contributed by atoms with Gasteiger partial charge in [0.05, 0.1) is 10.4 Å². The summed E-state index contributed by atoms with van der Waals surface area (Å²) in [7, 11) is 0. The van der Waals surface area contributed by atoms with Crippen molar-refractivity contribution in [3.8, 4) is 10.6 Å². The van der Waals surface area contributed by atoms with Crippen LogP contribution < -0.4 is 0 Å². The number of nitrogens with zero attached hydrogens (tertiary/aromatic N) is 3. The van der Waals surface area contributed by atoms with Gasteiger partial charge in [0.15, 0.2) is 0 Å². The summed E-state index contributed by atoms with van der Waals surface area (Å²) in [5.74, 6) is 0. The van der Waals surface area contributed by atoms with E-state index in [1.165, 1.54) is 0 Å². The van der Waals surface area contributed by atoms with Crippen LogP contribution >= 0.6 is 11.3 Å². The van der Waals surface area contributed by atoms with Gasteiger partial charge in [0.25, 0.3) is 0 Å². The van der Waals surface area contributed by atoms with Crippen LogP contribution in [-0.2, 0) is 10.3 Å². The molecule has 0 aliphatic rings. The number of carbonyl (C=O) groups is 1. The lowest BCUT2D eigenvalue weighted by Gasteiger charge is -2.17. The maximum atomic E-state index is 11.0. The zero-order chi connectivity index (χ0) is 13.8. The van der Waals surface area contributed by atoms with E-state index in [0.29, 0.717) is 0 Å². The number of aldehydes is 1. The monoisotopic (exact) mass is 265 g/mol. The van der Waals surface area contributed by atoms with Crippen molar-refractivity contribution in [2.75, 3.05) is 0 Å². The second kappa shape index (κ2) is 5.91. The maximum Gasteiger partial charge on any atom is 0.147 e. The van der Waals surface area contributed by atoms with Crippen molar-refractivity contribution in [2.24, 2.45) is 0 Å². The molecule has 0 saturated carbocycles. The van der Waals surface area contributed by atoms with Crippen molar-refractivity contribution >= 4 is 17.6 Å². The molecule has 0 unspecified atom stereocenters. The Balaban J connectivity index is 0.000000771. The van der Waals surface area contributed by atoms with Crippen LogP contribution in [0.1, 0.15) is 33.3 Å². The maximum absolute atomic E-state index is 11.0. The fourth-order valence-electron chi connectivity index (χ4n) is 1.39. The first-order valence-corrected chi connectivity index (χ1v) is 6.84. The summed E-state index contributed by atoms with van der Waals surface area (Å²) >= 11 is 1.55. The minimum Gasteiger partial charge on any atom is -0.301 e. The normalized spacial score (nSPS) is 10.7. The largest absolute Gasteiger partial charge is 0.301 e. The van der Waals surface area contributed by atoms with Gasteiger partial charge in [0.2, 0.25) is 0 Å². The van der Waals surface area contributed by atoms with Crippen molar-refractivity contribution in [1.82, 2.24) is 14.8 Å². The quantitative estimate of drug-likeness (QED) is 0.800. The molecule has 0 bridgehead atoms. The van der Waals surface area contributed by atoms with Gasteiger partial charge in [-0.15, -0.1) is 11.3 Å². The molecule has 0 radical (unpaired) electrons. The Labute approximate surface area is 112 Å². The van der Waals surface area contributed by atoms with E-state index >= 15 is 0 Å². The molecule has 2 heterocycles. The highest BCUT2D eigenvalue weighted by molar-refractivity contribution is 7.13. The second-order valence-corrected chi connectivity index (χ2v) is 5.13. The molecule has 0 fully saturated rings. The average molecular weight is 265 g/mol. The molecule has 2 aromatic rings. The molecular weight excluding hydrogens is 246 g/mol. The first-order chi connectivity index (χ1) is 8.54. The van der Waals surface area contributed by atoms with Gasteiger partial charge in [0, 0.05) is 12.4 Å². The molecule has 0 amide bonds. The zero-order valence-electron chi connectivity index (χ0n) is 11.5. The van der Waals surface area contributed by atoms with Gasteiger partial charge in [-0.2, -0.15) is 5.10 Å². The smallest absolute Gasteiger partial charge is 0.147 e. The van der Waals surface area contributed by atoms with Crippen LogP contribution in [0.4, 0.5) is 0 Å². The van der Waals surface area contributed by atoms with E-state index in [-0.39, 0.29) is 0 Å². The van der Waals surface area contributed by atoms with Crippen LogP contribution in [0.15, 0.2) is 17.9 Å². The Hall–Kier alpha value is -1.49. The van der Waals surface area contributed by atoms with Crippen molar-refractivity contribution in [1.29, 1.82) is 0 Å². The van der Waals surface area contributed by atoms with E-state index in [1.54, 1.807) is 27.7 Å².